The largest absolute Gasteiger partial charge is 0.394 e. The molecule has 0 aromatic carbocycles. The van der Waals surface area contributed by atoms with E-state index in [1.54, 1.807) is 6.08 Å². The van der Waals surface area contributed by atoms with Crippen molar-refractivity contribution in [1.29, 1.82) is 0 Å². The molecule has 17 unspecified atom stereocenters. The van der Waals surface area contributed by atoms with E-state index in [-0.39, 0.29) is 18.9 Å². The van der Waals surface area contributed by atoms with Gasteiger partial charge >= 0.3 is 0 Å². The Hall–Kier alpha value is -1.99. The quantitative estimate of drug-likeness (QED) is 0.0199. The van der Waals surface area contributed by atoms with Crippen molar-refractivity contribution in [3.05, 3.63) is 36.5 Å². The van der Waals surface area contributed by atoms with E-state index in [0.29, 0.717) is 6.42 Å². The summed E-state index contributed by atoms with van der Waals surface area (Å²) < 4.78 is 34.3. The van der Waals surface area contributed by atoms with Crippen LogP contribution in [0.5, 0.6) is 0 Å². The van der Waals surface area contributed by atoms with Crippen LogP contribution >= 0.6 is 0 Å². The summed E-state index contributed by atoms with van der Waals surface area (Å²) in [6, 6.07) is -0.981. The maximum atomic E-state index is 13.4. The van der Waals surface area contributed by atoms with Crippen LogP contribution in [0.2, 0.25) is 0 Å². The van der Waals surface area contributed by atoms with E-state index >= 15 is 0 Å². The zero-order chi connectivity index (χ0) is 65.4. The van der Waals surface area contributed by atoms with Gasteiger partial charge in [0.15, 0.2) is 18.9 Å². The van der Waals surface area contributed by atoms with E-state index in [1.807, 2.05) is 6.08 Å². The van der Waals surface area contributed by atoms with Crippen molar-refractivity contribution in [2.75, 3.05) is 26.4 Å². The summed E-state index contributed by atoms with van der Waals surface area (Å²) in [7, 11) is 0. The second kappa shape index (κ2) is 53.2. The molecule has 3 aliphatic heterocycles. The molecule has 19 nitrogen and oxygen atoms in total. The van der Waals surface area contributed by atoms with Crippen LogP contribution < -0.4 is 5.32 Å². The molecule has 3 fully saturated rings. The van der Waals surface area contributed by atoms with Crippen LogP contribution in [0.3, 0.4) is 0 Å². The number of amides is 1. The molecule has 3 heterocycles. The fourth-order valence-electron chi connectivity index (χ4n) is 12.3. The lowest BCUT2D eigenvalue weighted by Crippen LogP contribution is -2.66. The van der Waals surface area contributed by atoms with Crippen LogP contribution in [0.25, 0.3) is 0 Å². The SMILES string of the molecule is CCCCC/C=C\C/C=C\CCCCCCCC(=O)NC(COC1OC(CO)C(OC2OC(CO)C(OC3OC(CO)C(O)C(O)C3O)C(O)C2O)C(O)C1O)C(O)/C=C/CCCCCCCCCCCCCCCCCCCCCCCCCCCCCC. The zero-order valence-electron chi connectivity index (χ0n) is 55.9. The highest BCUT2D eigenvalue weighted by Crippen LogP contribution is 2.33. The first-order valence-electron chi connectivity index (χ1n) is 36.2. The van der Waals surface area contributed by atoms with Gasteiger partial charge in [0.2, 0.25) is 5.91 Å². The number of ether oxygens (including phenoxy) is 6. The van der Waals surface area contributed by atoms with Gasteiger partial charge in [-0.1, -0.05) is 256 Å². The predicted octanol–water partition coefficient (Wildman–Crippen LogP) is 10.00. The minimum absolute atomic E-state index is 0.228. The Bertz CT molecular complexity index is 1780. The number of nitrogens with one attached hydrogen (secondary N) is 1. The Morgan fingerprint density at radius 3 is 1.16 bits per heavy atom. The molecule has 0 bridgehead atoms. The number of allylic oxidation sites excluding steroid dienone is 5. The molecule has 19 heteroatoms. The van der Waals surface area contributed by atoms with Crippen molar-refractivity contribution in [2.45, 2.75) is 381 Å². The summed E-state index contributed by atoms with van der Waals surface area (Å²) in [5.41, 5.74) is 0. The zero-order valence-corrected chi connectivity index (χ0v) is 55.9. The summed E-state index contributed by atoms with van der Waals surface area (Å²) >= 11 is 0. The summed E-state index contributed by atoms with van der Waals surface area (Å²) in [6.45, 7) is 1.72. The molecule has 3 rings (SSSR count). The van der Waals surface area contributed by atoms with Gasteiger partial charge in [-0.3, -0.25) is 4.79 Å². The molecule has 90 heavy (non-hydrogen) atoms. The molecule has 17 atom stereocenters. The highest BCUT2D eigenvalue weighted by Gasteiger charge is 2.53. The molecule has 0 saturated carbocycles. The Kier molecular flexibility index (Phi) is 48.6. The van der Waals surface area contributed by atoms with Crippen LogP contribution in [0.15, 0.2) is 36.5 Å². The topological polar surface area (TPSA) is 307 Å². The number of aliphatic hydroxyl groups excluding tert-OH is 11. The van der Waals surface area contributed by atoms with Gasteiger partial charge in [0.05, 0.1) is 38.6 Å². The summed E-state index contributed by atoms with van der Waals surface area (Å²) in [5, 5.41) is 121. The first kappa shape index (κ1) is 82.2. The van der Waals surface area contributed by atoms with Crippen molar-refractivity contribution in [1.82, 2.24) is 5.32 Å². The highest BCUT2D eigenvalue weighted by molar-refractivity contribution is 5.76. The van der Waals surface area contributed by atoms with Crippen molar-refractivity contribution in [3.63, 3.8) is 0 Å². The fourth-order valence-corrected chi connectivity index (χ4v) is 12.3. The van der Waals surface area contributed by atoms with E-state index in [1.165, 1.54) is 180 Å². The van der Waals surface area contributed by atoms with E-state index < -0.39 is 124 Å². The number of hydrogen-bond donors (Lipinski definition) is 12. The van der Waals surface area contributed by atoms with Crippen molar-refractivity contribution < 1.29 is 89.4 Å². The van der Waals surface area contributed by atoms with Crippen LogP contribution in [0.4, 0.5) is 0 Å². The van der Waals surface area contributed by atoms with E-state index in [4.69, 9.17) is 28.4 Å². The Morgan fingerprint density at radius 1 is 0.400 bits per heavy atom. The second-order valence-corrected chi connectivity index (χ2v) is 26.1. The van der Waals surface area contributed by atoms with Gasteiger partial charge in [0.25, 0.3) is 0 Å². The van der Waals surface area contributed by atoms with Gasteiger partial charge in [0.1, 0.15) is 73.2 Å². The van der Waals surface area contributed by atoms with Crippen LogP contribution in [-0.2, 0) is 33.2 Å². The van der Waals surface area contributed by atoms with Crippen molar-refractivity contribution >= 4 is 5.91 Å². The molecule has 12 N–H and O–H groups in total. The van der Waals surface area contributed by atoms with Crippen molar-refractivity contribution in [2.24, 2.45) is 0 Å². The minimum Gasteiger partial charge on any atom is -0.394 e. The third-order valence-electron chi connectivity index (χ3n) is 18.2. The number of carbonyl (C=O) groups excluding carboxylic acids is 1. The molecule has 0 aromatic heterocycles. The normalized spacial score (nSPS) is 28.2. The molecule has 0 radical (unpaired) electrons. The van der Waals surface area contributed by atoms with E-state index in [9.17, 15) is 61.0 Å². The molecular weight excluding hydrogens is 1150 g/mol. The third kappa shape index (κ3) is 34.6. The lowest BCUT2D eigenvalue weighted by Gasteiger charge is -2.48. The van der Waals surface area contributed by atoms with Gasteiger partial charge in [-0.2, -0.15) is 0 Å². The second-order valence-electron chi connectivity index (χ2n) is 26.1. The minimum atomic E-state index is -1.98. The summed E-state index contributed by atoms with van der Waals surface area (Å²) in [5.74, 6) is -0.287. The van der Waals surface area contributed by atoms with Crippen LogP contribution in [0.1, 0.15) is 277 Å². The smallest absolute Gasteiger partial charge is 0.220 e. The molecule has 3 saturated heterocycles. The lowest BCUT2D eigenvalue weighted by molar-refractivity contribution is -0.379. The van der Waals surface area contributed by atoms with Crippen LogP contribution in [0, 0.1) is 0 Å². The summed E-state index contributed by atoms with van der Waals surface area (Å²) in [6.07, 6.45) is 35.7. The lowest BCUT2D eigenvalue weighted by atomic mass is 9.96. The maximum Gasteiger partial charge on any atom is 0.220 e. The van der Waals surface area contributed by atoms with E-state index in [2.05, 4.69) is 43.5 Å². The molecule has 0 spiro atoms. The molecule has 1 amide bonds. The molecule has 0 aromatic rings. The molecule has 3 aliphatic rings. The first-order chi connectivity index (χ1) is 43.8. The van der Waals surface area contributed by atoms with Gasteiger partial charge in [-0.15, -0.1) is 0 Å². The fraction of sp³-hybridized carbons (Fsp3) is 0.901. The van der Waals surface area contributed by atoms with E-state index in [0.717, 1.165) is 70.6 Å². The Balaban J connectivity index is 1.40. The first-order valence-corrected chi connectivity index (χ1v) is 36.2. The van der Waals surface area contributed by atoms with Gasteiger partial charge in [0, 0.05) is 6.42 Å². The highest BCUT2D eigenvalue weighted by atomic mass is 16.8. The Morgan fingerprint density at radius 2 is 0.733 bits per heavy atom. The number of unbranched alkanes of at least 4 members (excludes halogenated alkanes) is 36. The summed E-state index contributed by atoms with van der Waals surface area (Å²) in [4.78, 5) is 13.4. The molecular formula is C71H131NO18. The van der Waals surface area contributed by atoms with Gasteiger partial charge in [-0.05, 0) is 51.4 Å². The standard InChI is InChI=1S/C71H131NO18/c1-3-5-7-9-11-13-15-17-19-20-21-22-23-24-25-26-27-28-29-30-31-32-33-35-36-38-40-42-44-46-48-55(76)54(72-59(77)49-47-45-43-41-39-37-34-18-16-14-12-10-8-6-4-2)53-85-69-65(83)62(80)67(57(51-74)87-69)90-71-66(84)63(81)68(58(52-75)88-71)89-70-64(82)61(79)60(78)56(50-73)86-70/h12,14,18,34,46,48,54-58,60-71,73-76,78-84H,3-11,13,15-17,19-33,35-45,47,49-53H2,1-2H3,(H,72,77)/b14-12-,34-18-,48-46+. The number of hydrogen-bond acceptors (Lipinski definition) is 18. The monoisotopic (exact) mass is 1290 g/mol. The van der Waals surface area contributed by atoms with Gasteiger partial charge in [-0.25, -0.2) is 0 Å². The third-order valence-corrected chi connectivity index (χ3v) is 18.2. The average Bonchev–Trinajstić information content (AvgIpc) is 0.866. The maximum absolute atomic E-state index is 13.4. The number of rotatable bonds is 56. The van der Waals surface area contributed by atoms with Gasteiger partial charge < -0.3 is 89.9 Å². The average molecular weight is 1290 g/mol. The molecule has 528 valence electrons. The predicted molar refractivity (Wildman–Crippen MR) is 351 cm³/mol. The number of aliphatic hydroxyl groups is 11. The number of carbonyl (C=O) groups is 1. The molecule has 0 aliphatic carbocycles. The van der Waals surface area contributed by atoms with Crippen LogP contribution in [-0.4, -0.2) is 193 Å². The van der Waals surface area contributed by atoms with Crippen molar-refractivity contribution in [3.8, 4) is 0 Å². The Labute approximate surface area is 542 Å².